The Hall–Kier alpha value is -0.150. The Kier molecular flexibility index (Phi) is 4.90. The summed E-state index contributed by atoms with van der Waals surface area (Å²) in [4.78, 5) is 0. The molecule has 0 saturated heterocycles. The zero-order chi connectivity index (χ0) is 6.41. The lowest BCUT2D eigenvalue weighted by atomic mass is 10.5. The van der Waals surface area contributed by atoms with Gasteiger partial charge in [-0.15, -0.1) is 0 Å². The molecule has 0 aromatic rings. The maximum Gasteiger partial charge on any atom is 0.0907 e. The molecule has 3 heteroatoms. The van der Waals surface area contributed by atoms with Crippen LogP contribution in [0.3, 0.4) is 0 Å². The van der Waals surface area contributed by atoms with E-state index in [0.717, 1.165) is 6.54 Å². The Balaban J connectivity index is 2.72. The molecule has 1 N–H and O–H groups in total. The summed E-state index contributed by atoms with van der Waals surface area (Å²) in [6.07, 6.45) is 0.595. The summed E-state index contributed by atoms with van der Waals surface area (Å²) in [5.74, 6) is 0. The summed E-state index contributed by atoms with van der Waals surface area (Å²) in [6.45, 7) is 0.490. The van der Waals surface area contributed by atoms with Gasteiger partial charge < -0.3 is 0 Å². The van der Waals surface area contributed by atoms with E-state index in [1.165, 1.54) is 0 Å². The lowest BCUT2D eigenvalue weighted by Crippen LogP contribution is -2.31. The molecule has 0 aliphatic rings. The highest BCUT2D eigenvalue weighted by atomic mass is 19.1. The van der Waals surface area contributed by atoms with Crippen molar-refractivity contribution in [3.05, 3.63) is 0 Å². The molecule has 0 aromatic carbocycles. The van der Waals surface area contributed by atoms with Gasteiger partial charge in [-0.1, -0.05) is 0 Å². The standard InChI is InChI=1S/C5H13FN2/c1-8(2)7-5-3-4-6/h7H,3-5H2,1-2H3. The van der Waals surface area contributed by atoms with E-state index in [4.69, 9.17) is 0 Å². The maximum atomic E-state index is 11.4. The van der Waals surface area contributed by atoms with Gasteiger partial charge in [0.1, 0.15) is 0 Å². The molecule has 2 nitrogen and oxygen atoms in total. The van der Waals surface area contributed by atoms with E-state index >= 15 is 0 Å². The van der Waals surface area contributed by atoms with Gasteiger partial charge in [0.2, 0.25) is 0 Å². The zero-order valence-corrected chi connectivity index (χ0v) is 5.45. The van der Waals surface area contributed by atoms with Crippen molar-refractivity contribution in [2.24, 2.45) is 0 Å². The first-order valence-corrected chi connectivity index (χ1v) is 2.74. The topological polar surface area (TPSA) is 15.3 Å². The smallest absolute Gasteiger partial charge is 0.0907 e. The Morgan fingerprint density at radius 3 is 2.50 bits per heavy atom. The molecule has 0 rings (SSSR count). The lowest BCUT2D eigenvalue weighted by molar-refractivity contribution is 0.280. The van der Waals surface area contributed by atoms with Crippen molar-refractivity contribution in [2.75, 3.05) is 27.3 Å². The summed E-state index contributed by atoms with van der Waals surface area (Å²) in [5, 5.41) is 1.82. The minimum Gasteiger partial charge on any atom is -0.256 e. The van der Waals surface area contributed by atoms with Gasteiger partial charge in [0.05, 0.1) is 6.67 Å². The van der Waals surface area contributed by atoms with Crippen LogP contribution in [0.5, 0.6) is 0 Å². The average Bonchev–Trinajstić information content (AvgIpc) is 1.66. The summed E-state index contributed by atoms with van der Waals surface area (Å²) >= 11 is 0. The molecular weight excluding hydrogens is 107 g/mol. The van der Waals surface area contributed by atoms with Crippen molar-refractivity contribution in [3.63, 3.8) is 0 Å². The lowest BCUT2D eigenvalue weighted by Gasteiger charge is -2.09. The molecule has 0 unspecified atom stereocenters. The largest absolute Gasteiger partial charge is 0.256 e. The Morgan fingerprint density at radius 1 is 1.50 bits per heavy atom. The van der Waals surface area contributed by atoms with Crippen LogP contribution in [0.2, 0.25) is 0 Å². The first-order valence-electron chi connectivity index (χ1n) is 2.74. The number of hydrazine groups is 1. The molecule has 50 valence electrons. The van der Waals surface area contributed by atoms with Crippen LogP contribution in [0.15, 0.2) is 0 Å². The third-order valence-electron chi connectivity index (χ3n) is 0.738. The van der Waals surface area contributed by atoms with Crippen LogP contribution in [0.25, 0.3) is 0 Å². The predicted molar refractivity (Wildman–Crippen MR) is 32.3 cm³/mol. The third kappa shape index (κ3) is 5.85. The fraction of sp³-hybridized carbons (Fsp3) is 1.00. The first-order chi connectivity index (χ1) is 3.77. The fourth-order valence-corrected chi connectivity index (χ4v) is 0.369. The molecular formula is C5H13FN2. The van der Waals surface area contributed by atoms with Crippen LogP contribution in [0.4, 0.5) is 4.39 Å². The minimum absolute atomic E-state index is 0.235. The van der Waals surface area contributed by atoms with Crippen LogP contribution in [-0.2, 0) is 0 Å². The van der Waals surface area contributed by atoms with Gasteiger partial charge in [0.15, 0.2) is 0 Å². The van der Waals surface area contributed by atoms with Crippen LogP contribution >= 0.6 is 0 Å². The molecule has 0 amide bonds. The van der Waals surface area contributed by atoms with Gasteiger partial charge >= 0.3 is 0 Å². The van der Waals surface area contributed by atoms with E-state index in [0.29, 0.717) is 6.42 Å². The molecule has 0 saturated carbocycles. The number of nitrogens with zero attached hydrogens (tertiary/aromatic N) is 1. The summed E-state index contributed by atoms with van der Waals surface area (Å²) < 4.78 is 11.4. The van der Waals surface area contributed by atoms with Crippen LogP contribution < -0.4 is 5.43 Å². The molecule has 0 radical (unpaired) electrons. The number of rotatable bonds is 4. The molecule has 0 aliphatic heterocycles. The second kappa shape index (κ2) is 5.00. The molecule has 0 aromatic heterocycles. The van der Waals surface area contributed by atoms with E-state index in [1.807, 2.05) is 19.1 Å². The fourth-order valence-electron chi connectivity index (χ4n) is 0.369. The van der Waals surface area contributed by atoms with Crippen LogP contribution in [0, 0.1) is 0 Å². The van der Waals surface area contributed by atoms with Gasteiger partial charge in [-0.2, -0.15) is 0 Å². The van der Waals surface area contributed by atoms with Crippen molar-refractivity contribution < 1.29 is 4.39 Å². The van der Waals surface area contributed by atoms with Crippen molar-refractivity contribution in [1.29, 1.82) is 0 Å². The van der Waals surface area contributed by atoms with E-state index in [1.54, 1.807) is 0 Å². The second-order valence-electron chi connectivity index (χ2n) is 1.85. The number of nitrogens with one attached hydrogen (secondary N) is 1. The Morgan fingerprint density at radius 2 is 2.12 bits per heavy atom. The van der Waals surface area contributed by atoms with E-state index in [9.17, 15) is 4.39 Å². The highest BCUT2D eigenvalue weighted by Crippen LogP contribution is 1.75. The van der Waals surface area contributed by atoms with Gasteiger partial charge in [0, 0.05) is 20.6 Å². The number of hydrogen-bond acceptors (Lipinski definition) is 2. The monoisotopic (exact) mass is 120 g/mol. The Labute approximate surface area is 49.6 Å². The third-order valence-corrected chi connectivity index (χ3v) is 0.738. The molecule has 0 fully saturated rings. The summed E-state index contributed by atoms with van der Waals surface area (Å²) in [6, 6.07) is 0. The van der Waals surface area contributed by atoms with Crippen molar-refractivity contribution >= 4 is 0 Å². The molecule has 0 spiro atoms. The van der Waals surface area contributed by atoms with Gasteiger partial charge in [-0.3, -0.25) is 14.8 Å². The molecule has 0 heterocycles. The first kappa shape index (κ1) is 7.85. The van der Waals surface area contributed by atoms with Crippen molar-refractivity contribution in [2.45, 2.75) is 6.42 Å². The van der Waals surface area contributed by atoms with Crippen LogP contribution in [-0.4, -0.2) is 32.3 Å². The Bertz CT molecular complexity index is 47.7. The normalized spacial score (nSPS) is 10.5. The molecule has 0 aliphatic carbocycles. The van der Waals surface area contributed by atoms with E-state index < -0.39 is 0 Å². The second-order valence-corrected chi connectivity index (χ2v) is 1.85. The highest BCUT2D eigenvalue weighted by Gasteiger charge is 1.85. The predicted octanol–water partition coefficient (Wildman–Crippen LogP) is 0.412. The quantitative estimate of drug-likeness (QED) is 0.427. The molecule has 8 heavy (non-hydrogen) atoms. The maximum absolute atomic E-state index is 11.4. The number of hydrogen-bond donors (Lipinski definition) is 1. The number of alkyl halides is 1. The highest BCUT2D eigenvalue weighted by molar-refractivity contribution is 4.37. The van der Waals surface area contributed by atoms with Gasteiger partial charge in [-0.05, 0) is 6.42 Å². The minimum atomic E-state index is -0.235. The SMILES string of the molecule is CN(C)NCCCF. The van der Waals surface area contributed by atoms with Gasteiger partial charge in [-0.25, -0.2) is 0 Å². The van der Waals surface area contributed by atoms with Crippen molar-refractivity contribution in [1.82, 2.24) is 10.4 Å². The van der Waals surface area contributed by atoms with Crippen molar-refractivity contribution in [3.8, 4) is 0 Å². The summed E-state index contributed by atoms with van der Waals surface area (Å²) in [5.41, 5.74) is 2.94. The van der Waals surface area contributed by atoms with Gasteiger partial charge in [0.25, 0.3) is 0 Å². The zero-order valence-electron chi connectivity index (χ0n) is 5.45. The van der Waals surface area contributed by atoms with E-state index in [2.05, 4.69) is 5.43 Å². The summed E-state index contributed by atoms with van der Waals surface area (Å²) in [7, 11) is 3.77. The molecule has 0 bridgehead atoms. The van der Waals surface area contributed by atoms with Crippen LogP contribution in [0.1, 0.15) is 6.42 Å². The molecule has 0 atom stereocenters. The average molecular weight is 120 g/mol. The number of halogens is 1. The van der Waals surface area contributed by atoms with E-state index in [-0.39, 0.29) is 6.67 Å².